The minimum Gasteiger partial charge on any atom is -0.494 e. The van der Waals surface area contributed by atoms with Crippen LogP contribution in [0, 0.1) is 10.1 Å². The Morgan fingerprint density at radius 2 is 1.50 bits per heavy atom. The SMILES string of the molecule is CCOc1ccc(NS(=O)(=O)c2cccc(C(=O)NNC(=O)c3cccc([N+](=O)[O-])c3)c2)cc1. The molecule has 0 spiro atoms. The van der Waals surface area contributed by atoms with Gasteiger partial charge < -0.3 is 4.74 Å². The number of nitrogens with zero attached hydrogens (tertiary/aromatic N) is 1. The molecule has 2 amide bonds. The number of anilines is 1. The van der Waals surface area contributed by atoms with Gasteiger partial charge in [-0.3, -0.25) is 35.3 Å². The molecule has 0 aromatic heterocycles. The second kappa shape index (κ2) is 10.4. The van der Waals surface area contributed by atoms with Crippen molar-refractivity contribution in [2.75, 3.05) is 11.3 Å². The van der Waals surface area contributed by atoms with E-state index in [1.807, 2.05) is 6.92 Å². The Hall–Kier alpha value is -4.45. The van der Waals surface area contributed by atoms with E-state index in [9.17, 15) is 28.1 Å². The summed E-state index contributed by atoms with van der Waals surface area (Å²) >= 11 is 0. The van der Waals surface area contributed by atoms with Crippen molar-refractivity contribution < 1.29 is 27.7 Å². The summed E-state index contributed by atoms with van der Waals surface area (Å²) in [5.41, 5.74) is 4.25. The van der Waals surface area contributed by atoms with Crippen molar-refractivity contribution in [1.82, 2.24) is 10.9 Å². The predicted molar refractivity (Wildman–Crippen MR) is 123 cm³/mol. The van der Waals surface area contributed by atoms with Crippen LogP contribution in [0.1, 0.15) is 27.6 Å². The van der Waals surface area contributed by atoms with Gasteiger partial charge in [-0.1, -0.05) is 12.1 Å². The maximum Gasteiger partial charge on any atom is 0.270 e. The highest BCUT2D eigenvalue weighted by molar-refractivity contribution is 7.92. The number of hydrazine groups is 1. The fourth-order valence-electron chi connectivity index (χ4n) is 2.82. The van der Waals surface area contributed by atoms with Crippen molar-refractivity contribution in [3.05, 3.63) is 94.0 Å². The summed E-state index contributed by atoms with van der Waals surface area (Å²) in [7, 11) is -4.00. The van der Waals surface area contributed by atoms with Crippen LogP contribution < -0.4 is 20.3 Å². The summed E-state index contributed by atoms with van der Waals surface area (Å²) in [6.45, 7) is 2.31. The monoisotopic (exact) mass is 484 g/mol. The van der Waals surface area contributed by atoms with Gasteiger partial charge in [0.1, 0.15) is 5.75 Å². The molecule has 0 bridgehead atoms. The lowest BCUT2D eigenvalue weighted by Crippen LogP contribution is -2.41. The zero-order valence-electron chi connectivity index (χ0n) is 17.8. The number of nitro groups is 1. The standard InChI is InChI=1S/C22H20N4O7S/c1-2-33-19-11-9-17(10-12-19)25-34(31,32)20-8-4-6-16(14-20)22(28)24-23-21(27)15-5-3-7-18(13-15)26(29)30/h3-14,25H,2H2,1H3,(H,23,27)(H,24,28). The molecular weight excluding hydrogens is 464 g/mol. The summed E-state index contributed by atoms with van der Waals surface area (Å²) < 4.78 is 33.2. The molecular formula is C22H20N4O7S. The Bertz CT molecular complexity index is 1330. The molecule has 0 saturated heterocycles. The third-order valence-corrected chi connectivity index (χ3v) is 5.81. The normalized spacial score (nSPS) is 10.7. The number of hydrogen-bond acceptors (Lipinski definition) is 7. The lowest BCUT2D eigenvalue weighted by atomic mass is 10.2. The van der Waals surface area contributed by atoms with Crippen molar-refractivity contribution in [3.63, 3.8) is 0 Å². The van der Waals surface area contributed by atoms with Crippen LogP contribution in [0.3, 0.4) is 0 Å². The number of amides is 2. The van der Waals surface area contributed by atoms with Gasteiger partial charge >= 0.3 is 0 Å². The van der Waals surface area contributed by atoms with Crippen molar-refractivity contribution >= 4 is 33.2 Å². The van der Waals surface area contributed by atoms with Crippen molar-refractivity contribution in [2.45, 2.75) is 11.8 Å². The van der Waals surface area contributed by atoms with Crippen LogP contribution in [0.4, 0.5) is 11.4 Å². The zero-order chi connectivity index (χ0) is 24.7. The van der Waals surface area contributed by atoms with Crippen LogP contribution in [-0.4, -0.2) is 31.8 Å². The van der Waals surface area contributed by atoms with Crippen molar-refractivity contribution in [3.8, 4) is 5.75 Å². The highest BCUT2D eigenvalue weighted by Crippen LogP contribution is 2.20. The van der Waals surface area contributed by atoms with E-state index in [1.165, 1.54) is 36.4 Å². The third-order valence-electron chi connectivity index (χ3n) is 4.43. The number of ether oxygens (including phenoxy) is 1. The van der Waals surface area contributed by atoms with Crippen LogP contribution >= 0.6 is 0 Å². The summed E-state index contributed by atoms with van der Waals surface area (Å²) in [5.74, 6) is -0.967. The number of sulfonamides is 1. The van der Waals surface area contributed by atoms with Crippen LogP contribution in [0.15, 0.2) is 77.7 Å². The Kier molecular flexibility index (Phi) is 7.43. The quantitative estimate of drug-likeness (QED) is 0.328. The lowest BCUT2D eigenvalue weighted by Gasteiger charge is -2.11. The van der Waals surface area contributed by atoms with Crippen LogP contribution in [0.5, 0.6) is 5.75 Å². The molecule has 0 atom stereocenters. The molecule has 0 saturated carbocycles. The number of nitro benzene ring substituents is 1. The van der Waals surface area contributed by atoms with Gasteiger partial charge in [0.25, 0.3) is 27.5 Å². The maximum atomic E-state index is 12.7. The van der Waals surface area contributed by atoms with Crippen LogP contribution in [0.25, 0.3) is 0 Å². The van der Waals surface area contributed by atoms with Gasteiger partial charge in [0.05, 0.1) is 16.4 Å². The summed E-state index contributed by atoms with van der Waals surface area (Å²) in [6, 6.07) is 16.5. The molecule has 12 heteroatoms. The molecule has 0 unspecified atom stereocenters. The van der Waals surface area contributed by atoms with Crippen LogP contribution in [-0.2, 0) is 10.0 Å². The van der Waals surface area contributed by atoms with Gasteiger partial charge in [-0.05, 0) is 55.5 Å². The zero-order valence-corrected chi connectivity index (χ0v) is 18.7. The van der Waals surface area contributed by atoms with Crippen LogP contribution in [0.2, 0.25) is 0 Å². The predicted octanol–water partition coefficient (Wildman–Crippen LogP) is 2.87. The first-order chi connectivity index (χ1) is 16.2. The van der Waals surface area contributed by atoms with Gasteiger partial charge in [0, 0.05) is 28.9 Å². The first-order valence-electron chi connectivity index (χ1n) is 9.90. The van der Waals surface area contributed by atoms with Gasteiger partial charge in [-0.25, -0.2) is 8.42 Å². The fourth-order valence-corrected chi connectivity index (χ4v) is 3.93. The number of hydrogen-bond donors (Lipinski definition) is 3. The molecule has 0 heterocycles. The number of carbonyl (C=O) groups is 2. The van der Waals surface area contributed by atoms with Gasteiger partial charge in [-0.2, -0.15) is 0 Å². The Labute approximate surface area is 194 Å². The molecule has 0 radical (unpaired) electrons. The third kappa shape index (κ3) is 6.07. The molecule has 0 aliphatic heterocycles. The van der Waals surface area contributed by atoms with E-state index in [1.54, 1.807) is 24.3 Å². The van der Waals surface area contributed by atoms with Crippen molar-refractivity contribution in [1.29, 1.82) is 0 Å². The fraction of sp³-hybridized carbons (Fsp3) is 0.0909. The summed E-state index contributed by atoms with van der Waals surface area (Å²) in [5, 5.41) is 10.8. The molecule has 0 aliphatic rings. The molecule has 3 N–H and O–H groups in total. The second-order valence-corrected chi connectivity index (χ2v) is 8.49. The Morgan fingerprint density at radius 3 is 2.09 bits per heavy atom. The summed E-state index contributed by atoms with van der Waals surface area (Å²) in [4.78, 5) is 34.6. The number of nitrogens with one attached hydrogen (secondary N) is 3. The maximum absolute atomic E-state index is 12.7. The van der Waals surface area contributed by atoms with E-state index < -0.39 is 26.8 Å². The molecule has 11 nitrogen and oxygen atoms in total. The molecule has 0 aliphatic carbocycles. The number of non-ortho nitro benzene ring substituents is 1. The van der Waals surface area contributed by atoms with E-state index in [-0.39, 0.29) is 21.7 Å². The van der Waals surface area contributed by atoms with Gasteiger partial charge in [0.2, 0.25) is 0 Å². The number of rotatable bonds is 8. The lowest BCUT2D eigenvalue weighted by molar-refractivity contribution is -0.384. The minimum absolute atomic E-state index is 0.0334. The average Bonchev–Trinajstić information content (AvgIpc) is 2.83. The molecule has 3 aromatic rings. The topological polar surface area (TPSA) is 157 Å². The number of benzene rings is 3. The molecule has 34 heavy (non-hydrogen) atoms. The van der Waals surface area contributed by atoms with E-state index in [4.69, 9.17) is 4.74 Å². The molecule has 0 fully saturated rings. The van der Waals surface area contributed by atoms with Gasteiger partial charge in [0.15, 0.2) is 0 Å². The average molecular weight is 484 g/mol. The summed E-state index contributed by atoms with van der Waals surface area (Å²) in [6.07, 6.45) is 0. The molecule has 176 valence electrons. The number of carbonyl (C=O) groups excluding carboxylic acids is 2. The molecule has 3 aromatic carbocycles. The minimum atomic E-state index is -4.00. The largest absolute Gasteiger partial charge is 0.494 e. The van der Waals surface area contributed by atoms with E-state index >= 15 is 0 Å². The van der Waals surface area contributed by atoms with E-state index in [0.717, 1.165) is 12.1 Å². The first kappa shape index (κ1) is 24.2. The first-order valence-corrected chi connectivity index (χ1v) is 11.4. The van der Waals surface area contributed by atoms with Crippen molar-refractivity contribution in [2.24, 2.45) is 0 Å². The Balaban J connectivity index is 1.67. The smallest absolute Gasteiger partial charge is 0.270 e. The highest BCUT2D eigenvalue weighted by Gasteiger charge is 2.18. The highest BCUT2D eigenvalue weighted by atomic mass is 32.2. The molecule has 3 rings (SSSR count). The Morgan fingerprint density at radius 1 is 0.912 bits per heavy atom. The van der Waals surface area contributed by atoms with E-state index in [2.05, 4.69) is 15.6 Å². The van der Waals surface area contributed by atoms with Gasteiger partial charge in [-0.15, -0.1) is 0 Å². The van der Waals surface area contributed by atoms with E-state index in [0.29, 0.717) is 18.0 Å². The second-order valence-electron chi connectivity index (χ2n) is 6.81.